The van der Waals surface area contributed by atoms with E-state index in [-0.39, 0.29) is 6.61 Å². The summed E-state index contributed by atoms with van der Waals surface area (Å²) in [5, 5.41) is 19.3. The van der Waals surface area contributed by atoms with Gasteiger partial charge in [-0.15, -0.1) is 0 Å². The first-order chi connectivity index (χ1) is 2.77. The fourth-order valence-electron chi connectivity index (χ4n) is 0.214. The highest BCUT2D eigenvalue weighted by Crippen LogP contribution is 2.08. The van der Waals surface area contributed by atoms with E-state index in [1.54, 1.807) is 0 Å². The third-order valence-corrected chi connectivity index (χ3v) is 0.846. The van der Waals surface area contributed by atoms with E-state index in [4.69, 9.17) is 10.2 Å². The number of hydrogen-bond donors (Lipinski definition) is 3. The van der Waals surface area contributed by atoms with Crippen LogP contribution >= 0.6 is 0 Å². The average molecular weight is 89.1 g/mol. The summed E-state index contributed by atoms with van der Waals surface area (Å²) in [4.78, 5) is 0. The molecule has 1 aliphatic rings. The van der Waals surface area contributed by atoms with Crippen LogP contribution in [0.4, 0.5) is 0 Å². The first-order valence-electron chi connectivity index (χ1n) is 1.85. The van der Waals surface area contributed by atoms with Crippen LogP contribution < -0.4 is 5.32 Å². The largest absolute Gasteiger partial charge is 0.392 e. The fourth-order valence-corrected chi connectivity index (χ4v) is 0.214. The molecule has 6 heavy (non-hydrogen) atoms. The van der Waals surface area contributed by atoms with Crippen molar-refractivity contribution in [2.45, 2.75) is 5.72 Å². The molecule has 1 saturated heterocycles. The summed E-state index contributed by atoms with van der Waals surface area (Å²) in [6, 6.07) is 0. The summed E-state index contributed by atoms with van der Waals surface area (Å²) in [6.45, 7) is 0.358. The molecule has 0 radical (unpaired) electrons. The molecule has 0 aliphatic carbocycles. The summed E-state index contributed by atoms with van der Waals surface area (Å²) >= 11 is 0. The normalized spacial score (nSPS) is 43.0. The Balaban J connectivity index is 2.28. The van der Waals surface area contributed by atoms with Gasteiger partial charge in [0.1, 0.15) is 0 Å². The van der Waals surface area contributed by atoms with Crippen LogP contribution in [0.2, 0.25) is 0 Å². The van der Waals surface area contributed by atoms with Gasteiger partial charge in [-0.25, -0.2) is 0 Å². The predicted octanol–water partition coefficient (Wildman–Crippen LogP) is -1.73. The molecule has 1 fully saturated rings. The zero-order valence-electron chi connectivity index (χ0n) is 3.31. The molecule has 0 spiro atoms. The number of β-amino-alcohol motifs (C(OH)–C–C–N with tert-alkyl or cyclic N) is 1. The Kier molecular flexibility index (Phi) is 0.629. The summed E-state index contributed by atoms with van der Waals surface area (Å²) in [5.41, 5.74) is -0.903. The smallest absolute Gasteiger partial charge is 0.152 e. The zero-order valence-corrected chi connectivity index (χ0v) is 3.31. The van der Waals surface area contributed by atoms with Gasteiger partial charge >= 0.3 is 0 Å². The number of hydrogen-bond acceptors (Lipinski definition) is 3. The molecule has 3 nitrogen and oxygen atoms in total. The molecule has 1 heterocycles. The lowest BCUT2D eigenvalue weighted by Crippen LogP contribution is -2.18. The van der Waals surface area contributed by atoms with E-state index in [0.717, 1.165) is 0 Å². The highest BCUT2D eigenvalue weighted by Gasteiger charge is 2.38. The Morgan fingerprint density at radius 2 is 2.33 bits per heavy atom. The lowest BCUT2D eigenvalue weighted by molar-refractivity contribution is 0.0699. The number of nitrogens with one attached hydrogen (secondary N) is 1. The highest BCUT2D eigenvalue weighted by atomic mass is 16.4. The van der Waals surface area contributed by atoms with Crippen LogP contribution in [0.25, 0.3) is 0 Å². The van der Waals surface area contributed by atoms with E-state index < -0.39 is 5.72 Å². The summed E-state index contributed by atoms with van der Waals surface area (Å²) < 4.78 is 0. The van der Waals surface area contributed by atoms with E-state index in [1.165, 1.54) is 0 Å². The SMILES string of the molecule is OCC1(O)CN1. The Hall–Kier alpha value is -0.120. The van der Waals surface area contributed by atoms with E-state index in [2.05, 4.69) is 5.32 Å². The fraction of sp³-hybridized carbons (Fsp3) is 1.00. The number of aliphatic hydroxyl groups excluding tert-OH is 1. The minimum atomic E-state index is -0.903. The minimum absolute atomic E-state index is 0.174. The summed E-state index contributed by atoms with van der Waals surface area (Å²) in [6.07, 6.45) is 0. The first kappa shape index (κ1) is 4.05. The quantitative estimate of drug-likeness (QED) is 0.334. The van der Waals surface area contributed by atoms with Gasteiger partial charge in [0.15, 0.2) is 5.72 Å². The van der Waals surface area contributed by atoms with Crippen molar-refractivity contribution in [2.75, 3.05) is 13.2 Å². The van der Waals surface area contributed by atoms with Crippen molar-refractivity contribution in [1.82, 2.24) is 5.32 Å². The first-order valence-corrected chi connectivity index (χ1v) is 1.85. The van der Waals surface area contributed by atoms with Gasteiger partial charge in [0.05, 0.1) is 6.61 Å². The maximum absolute atomic E-state index is 8.58. The maximum Gasteiger partial charge on any atom is 0.152 e. The third-order valence-electron chi connectivity index (χ3n) is 0.846. The second-order valence-electron chi connectivity index (χ2n) is 1.54. The van der Waals surface area contributed by atoms with E-state index in [9.17, 15) is 0 Å². The molecule has 0 amide bonds. The Morgan fingerprint density at radius 1 is 1.83 bits per heavy atom. The van der Waals surface area contributed by atoms with Gasteiger partial charge in [0, 0.05) is 6.54 Å². The molecule has 3 N–H and O–H groups in total. The molecule has 3 heteroatoms. The summed E-state index contributed by atoms with van der Waals surface area (Å²) in [7, 11) is 0. The molecular weight excluding hydrogens is 82.0 g/mol. The van der Waals surface area contributed by atoms with Gasteiger partial charge < -0.3 is 10.2 Å². The molecule has 1 aliphatic heterocycles. The van der Waals surface area contributed by atoms with Crippen molar-refractivity contribution in [2.24, 2.45) is 0 Å². The number of aliphatic hydroxyl groups is 2. The molecule has 0 aromatic heterocycles. The molecule has 1 unspecified atom stereocenters. The molecule has 1 atom stereocenters. The Bertz CT molecular complexity index is 59.8. The van der Waals surface area contributed by atoms with Crippen molar-refractivity contribution < 1.29 is 10.2 Å². The zero-order chi connectivity index (χ0) is 4.62. The Labute approximate surface area is 35.6 Å². The monoisotopic (exact) mass is 89.0 g/mol. The van der Waals surface area contributed by atoms with Crippen molar-refractivity contribution in [1.29, 1.82) is 0 Å². The maximum atomic E-state index is 8.58. The van der Waals surface area contributed by atoms with Crippen molar-refractivity contribution in [3.63, 3.8) is 0 Å². The van der Waals surface area contributed by atoms with Gasteiger partial charge in [0.2, 0.25) is 0 Å². The molecule has 1 rings (SSSR count). The van der Waals surface area contributed by atoms with Gasteiger partial charge in [-0.3, -0.25) is 5.32 Å². The molecule has 0 aromatic rings. The third kappa shape index (κ3) is 0.518. The lowest BCUT2D eigenvalue weighted by Gasteiger charge is -1.93. The van der Waals surface area contributed by atoms with Gasteiger partial charge in [0.25, 0.3) is 0 Å². The van der Waals surface area contributed by atoms with Crippen LogP contribution in [-0.4, -0.2) is 29.1 Å². The second-order valence-corrected chi connectivity index (χ2v) is 1.54. The van der Waals surface area contributed by atoms with Crippen LogP contribution in [-0.2, 0) is 0 Å². The van der Waals surface area contributed by atoms with Gasteiger partial charge in [-0.1, -0.05) is 0 Å². The van der Waals surface area contributed by atoms with Crippen molar-refractivity contribution >= 4 is 0 Å². The molecule has 36 valence electrons. The topological polar surface area (TPSA) is 62.4 Å². The molecular formula is C3H7NO2. The van der Waals surface area contributed by atoms with Crippen LogP contribution in [0.15, 0.2) is 0 Å². The van der Waals surface area contributed by atoms with Crippen molar-refractivity contribution in [3.05, 3.63) is 0 Å². The number of rotatable bonds is 1. The second kappa shape index (κ2) is 0.932. The molecule has 0 bridgehead atoms. The van der Waals surface area contributed by atoms with Gasteiger partial charge in [-0.2, -0.15) is 0 Å². The van der Waals surface area contributed by atoms with E-state index in [1.807, 2.05) is 0 Å². The van der Waals surface area contributed by atoms with E-state index in [0.29, 0.717) is 6.54 Å². The van der Waals surface area contributed by atoms with Crippen molar-refractivity contribution in [3.8, 4) is 0 Å². The van der Waals surface area contributed by atoms with Crippen LogP contribution in [0.3, 0.4) is 0 Å². The van der Waals surface area contributed by atoms with Crippen LogP contribution in [0.5, 0.6) is 0 Å². The average Bonchev–Trinajstić information content (AvgIpc) is 2.22. The van der Waals surface area contributed by atoms with E-state index >= 15 is 0 Å². The highest BCUT2D eigenvalue weighted by molar-refractivity contribution is 4.91. The van der Waals surface area contributed by atoms with Crippen LogP contribution in [0.1, 0.15) is 0 Å². The standard InChI is InChI=1S/C3H7NO2/c5-2-3(6)1-4-3/h4-6H,1-2H2. The van der Waals surface area contributed by atoms with Crippen LogP contribution in [0, 0.1) is 0 Å². The summed E-state index contributed by atoms with van der Waals surface area (Å²) in [5.74, 6) is 0. The van der Waals surface area contributed by atoms with Gasteiger partial charge in [-0.05, 0) is 0 Å². The lowest BCUT2D eigenvalue weighted by atomic mass is 10.4. The predicted molar refractivity (Wildman–Crippen MR) is 20.0 cm³/mol. The molecule has 0 saturated carbocycles. The Morgan fingerprint density at radius 3 is 2.33 bits per heavy atom. The minimum Gasteiger partial charge on any atom is -0.392 e. The molecule has 0 aromatic carbocycles.